The molecule has 3 aliphatic carbocycles. The molecule has 1 saturated carbocycles. The fourth-order valence-corrected chi connectivity index (χ4v) is 9.11. The van der Waals surface area contributed by atoms with Gasteiger partial charge < -0.3 is 5.11 Å². The van der Waals surface area contributed by atoms with E-state index in [-0.39, 0.29) is 41.5 Å². The molecule has 2 fully saturated rings. The largest absolute Gasteiger partial charge is 0.507 e. The van der Waals surface area contributed by atoms with Crippen LogP contribution in [0.5, 0.6) is 5.75 Å². The minimum Gasteiger partial charge on any atom is -0.507 e. The summed E-state index contributed by atoms with van der Waals surface area (Å²) >= 11 is 0. The molecule has 1 aliphatic heterocycles. The third-order valence-electron chi connectivity index (χ3n) is 11.3. The molecule has 0 spiro atoms. The van der Waals surface area contributed by atoms with Crippen LogP contribution in [0.2, 0.25) is 0 Å². The van der Waals surface area contributed by atoms with Gasteiger partial charge in [-0.25, -0.2) is 0 Å². The molecule has 50 heavy (non-hydrogen) atoms. The maximum atomic E-state index is 15.1. The van der Waals surface area contributed by atoms with Crippen molar-refractivity contribution in [3.05, 3.63) is 153 Å². The number of ketones is 2. The number of benzene rings is 4. The lowest BCUT2D eigenvalue weighted by Crippen LogP contribution is -2.58. The molecule has 6 unspecified atom stereocenters. The monoisotopic (exact) mass is 664 g/mol. The normalized spacial score (nSPS) is 27.2. The summed E-state index contributed by atoms with van der Waals surface area (Å²) in [5.41, 5.74) is 2.00. The molecule has 1 saturated heterocycles. The summed E-state index contributed by atoms with van der Waals surface area (Å²) in [6.07, 6.45) is 3.75. The molecule has 8 rings (SSSR count). The van der Waals surface area contributed by atoms with E-state index >= 15 is 4.79 Å². The predicted molar refractivity (Wildman–Crippen MR) is 185 cm³/mol. The average Bonchev–Trinajstić information content (AvgIpc) is 3.39. The Morgan fingerprint density at radius 1 is 0.820 bits per heavy atom. The number of carbonyl (C=O) groups is 4. The number of phenols is 1. The smallest absolute Gasteiger partial charge is 0.269 e. The summed E-state index contributed by atoms with van der Waals surface area (Å²) in [6, 6.07) is 29.0. The summed E-state index contributed by atoms with van der Waals surface area (Å²) in [6.45, 7) is 1.78. The van der Waals surface area contributed by atoms with Crippen molar-refractivity contribution in [2.75, 3.05) is 4.90 Å². The number of imide groups is 1. The van der Waals surface area contributed by atoms with Crippen molar-refractivity contribution >= 4 is 40.3 Å². The number of aryl methyl sites for hydroxylation is 1. The van der Waals surface area contributed by atoms with Gasteiger partial charge in [-0.2, -0.15) is 0 Å². The summed E-state index contributed by atoms with van der Waals surface area (Å²) in [5, 5.41) is 23.0. The second kappa shape index (κ2) is 11.6. The van der Waals surface area contributed by atoms with Crippen molar-refractivity contribution in [1.82, 2.24) is 0 Å². The number of carbonyl (C=O) groups excluding carboxylic acids is 4. The van der Waals surface area contributed by atoms with Crippen LogP contribution in [0, 0.1) is 40.7 Å². The fourth-order valence-electron chi connectivity index (χ4n) is 9.11. The highest BCUT2D eigenvalue weighted by atomic mass is 16.6. The number of fused-ring (bicyclic) bond motifs is 4. The van der Waals surface area contributed by atoms with E-state index in [4.69, 9.17) is 0 Å². The number of nitro groups is 1. The zero-order valence-corrected chi connectivity index (χ0v) is 27.1. The molecule has 6 atom stereocenters. The lowest BCUT2D eigenvalue weighted by Gasteiger charge is -2.55. The Balaban J connectivity index is 1.34. The number of hydrogen-bond acceptors (Lipinski definition) is 7. The Labute approximate surface area is 287 Å². The van der Waals surface area contributed by atoms with Crippen molar-refractivity contribution in [3.8, 4) is 5.75 Å². The van der Waals surface area contributed by atoms with E-state index in [0.29, 0.717) is 27.8 Å². The summed E-state index contributed by atoms with van der Waals surface area (Å²) in [4.78, 5) is 70.4. The molecule has 9 nitrogen and oxygen atoms in total. The highest BCUT2D eigenvalue weighted by Gasteiger charge is 2.66. The van der Waals surface area contributed by atoms with Gasteiger partial charge in [0.25, 0.3) is 5.69 Å². The van der Waals surface area contributed by atoms with Gasteiger partial charge in [-0.3, -0.25) is 34.2 Å². The number of allylic oxidation sites excluding steroid dienone is 4. The lowest BCUT2D eigenvalue weighted by atomic mass is 9.44. The van der Waals surface area contributed by atoms with Gasteiger partial charge in [-0.15, -0.1) is 0 Å². The maximum Gasteiger partial charge on any atom is 0.269 e. The van der Waals surface area contributed by atoms with Crippen LogP contribution in [-0.4, -0.2) is 33.4 Å². The number of amides is 2. The van der Waals surface area contributed by atoms with E-state index in [9.17, 15) is 29.6 Å². The van der Waals surface area contributed by atoms with Crippen molar-refractivity contribution in [1.29, 1.82) is 0 Å². The number of non-ortho nitro benzene ring substituents is 1. The van der Waals surface area contributed by atoms with Crippen LogP contribution in [-0.2, 0) is 24.6 Å². The van der Waals surface area contributed by atoms with Gasteiger partial charge in [-0.1, -0.05) is 90.5 Å². The first-order valence-corrected chi connectivity index (χ1v) is 16.7. The zero-order chi connectivity index (χ0) is 34.9. The Kier molecular flexibility index (Phi) is 7.25. The first kappa shape index (κ1) is 31.3. The van der Waals surface area contributed by atoms with Crippen LogP contribution in [0.4, 0.5) is 11.4 Å². The number of para-hydroxylation sites is 1. The molecule has 9 heteroatoms. The summed E-state index contributed by atoms with van der Waals surface area (Å²) in [5.74, 6) is -5.26. The third kappa shape index (κ3) is 4.39. The Morgan fingerprint density at radius 2 is 1.50 bits per heavy atom. The standard InChI is InChI=1S/C41H32N2O7/c1-23-9-8-14-30(37(23)45)36-28-19-20-29-35(40(48)42(39(29)47)26-15-17-27(18-16-26)43(49)50)32(28)21-33-38(46)31(24-10-4-2-5-11-24)22-34(44)41(33,36)25-12-6-3-7-13-25/h2-19,22,29,32-33,35-36,45H,20-21H2,1H3. The Bertz CT molecular complexity index is 2170. The molecular weight excluding hydrogens is 632 g/mol. The molecule has 4 aromatic carbocycles. The van der Waals surface area contributed by atoms with E-state index in [1.54, 1.807) is 31.2 Å². The molecule has 1 heterocycles. The zero-order valence-electron chi connectivity index (χ0n) is 27.1. The lowest BCUT2D eigenvalue weighted by molar-refractivity contribution is -0.384. The van der Waals surface area contributed by atoms with Crippen molar-refractivity contribution in [2.45, 2.75) is 31.1 Å². The van der Waals surface area contributed by atoms with Crippen LogP contribution >= 0.6 is 0 Å². The number of aromatic hydroxyl groups is 1. The van der Waals surface area contributed by atoms with Crippen molar-refractivity contribution < 1.29 is 29.2 Å². The topological polar surface area (TPSA) is 135 Å². The van der Waals surface area contributed by atoms with Gasteiger partial charge in [0.15, 0.2) is 11.6 Å². The minimum atomic E-state index is -1.44. The number of nitro benzene ring substituents is 1. The highest BCUT2D eigenvalue weighted by molar-refractivity contribution is 6.32. The quantitative estimate of drug-likeness (QED) is 0.109. The predicted octanol–water partition coefficient (Wildman–Crippen LogP) is 6.64. The number of hydrogen-bond donors (Lipinski definition) is 1. The average molecular weight is 665 g/mol. The molecule has 0 radical (unpaired) electrons. The number of anilines is 1. The third-order valence-corrected chi connectivity index (χ3v) is 11.3. The molecular formula is C41H32N2O7. The van der Waals surface area contributed by atoms with E-state index in [2.05, 4.69) is 0 Å². The van der Waals surface area contributed by atoms with Gasteiger partial charge in [0.05, 0.1) is 27.9 Å². The van der Waals surface area contributed by atoms with E-state index in [0.717, 1.165) is 10.5 Å². The number of nitrogens with zero attached hydrogens (tertiary/aromatic N) is 2. The Hall–Kier alpha value is -5.96. The molecule has 2 amide bonds. The van der Waals surface area contributed by atoms with Gasteiger partial charge in [0.2, 0.25) is 11.8 Å². The van der Waals surface area contributed by atoms with Crippen molar-refractivity contribution in [2.24, 2.45) is 23.7 Å². The van der Waals surface area contributed by atoms with Crippen LogP contribution in [0.25, 0.3) is 5.57 Å². The number of Topliss-reactive ketones (excluding diaryl/α,β-unsaturated/α-hetero) is 1. The first-order chi connectivity index (χ1) is 24.1. The molecule has 248 valence electrons. The number of phenolic OH excluding ortho intramolecular Hbond substituents is 1. The van der Waals surface area contributed by atoms with E-state index in [1.807, 2.05) is 60.7 Å². The first-order valence-electron chi connectivity index (χ1n) is 16.7. The van der Waals surface area contributed by atoms with Gasteiger partial charge in [0, 0.05) is 35.1 Å². The molecule has 0 bridgehead atoms. The summed E-state index contributed by atoms with van der Waals surface area (Å²) < 4.78 is 0. The van der Waals surface area contributed by atoms with Gasteiger partial charge >= 0.3 is 0 Å². The number of rotatable bonds is 5. The van der Waals surface area contributed by atoms with E-state index < -0.39 is 51.7 Å². The van der Waals surface area contributed by atoms with E-state index in [1.165, 1.54) is 30.3 Å². The van der Waals surface area contributed by atoms with Crippen LogP contribution in [0.1, 0.15) is 41.0 Å². The molecule has 0 aromatic heterocycles. The highest BCUT2D eigenvalue weighted by Crippen LogP contribution is 2.64. The van der Waals surface area contributed by atoms with Crippen LogP contribution in [0.15, 0.2) is 121 Å². The molecule has 4 aliphatic rings. The molecule has 1 N–H and O–H groups in total. The van der Waals surface area contributed by atoms with Gasteiger partial charge in [0.1, 0.15) is 5.75 Å². The van der Waals surface area contributed by atoms with Gasteiger partial charge in [-0.05, 0) is 60.6 Å². The fraction of sp³-hybridized carbons (Fsp3) is 0.220. The molecule has 4 aromatic rings. The second-order valence-corrected chi connectivity index (χ2v) is 13.6. The second-order valence-electron chi connectivity index (χ2n) is 13.6. The summed E-state index contributed by atoms with van der Waals surface area (Å²) in [7, 11) is 0. The van der Waals surface area contributed by atoms with Crippen LogP contribution in [0.3, 0.4) is 0 Å². The maximum absolute atomic E-state index is 15.1. The van der Waals surface area contributed by atoms with Crippen LogP contribution < -0.4 is 4.90 Å². The Morgan fingerprint density at radius 3 is 2.18 bits per heavy atom. The van der Waals surface area contributed by atoms with Crippen molar-refractivity contribution in [3.63, 3.8) is 0 Å². The SMILES string of the molecule is Cc1cccc(C2C3=CCC4C(=O)N(c5ccc([N+](=O)[O-])cc5)C(=O)C4C3CC3C(=O)C(c4ccccc4)=CC(=O)C32c2ccccc2)c1O. The minimum absolute atomic E-state index is 0.00893.